The highest BCUT2D eigenvalue weighted by molar-refractivity contribution is 7.99. The Bertz CT molecular complexity index is 561. The molecule has 1 unspecified atom stereocenters. The third kappa shape index (κ3) is 3.85. The van der Waals surface area contributed by atoms with Crippen molar-refractivity contribution < 1.29 is 0 Å². The molecule has 2 N–H and O–H groups in total. The highest BCUT2D eigenvalue weighted by Gasteiger charge is 2.07. The zero-order valence-corrected chi connectivity index (χ0v) is 12.6. The van der Waals surface area contributed by atoms with Gasteiger partial charge in [-0.3, -0.25) is 0 Å². The van der Waals surface area contributed by atoms with Crippen molar-refractivity contribution in [2.45, 2.75) is 43.0 Å². The summed E-state index contributed by atoms with van der Waals surface area (Å²) in [5.41, 5.74) is 9.91. The summed E-state index contributed by atoms with van der Waals surface area (Å²) in [7, 11) is 0. The van der Waals surface area contributed by atoms with Crippen LogP contribution in [0.4, 0.5) is 0 Å². The van der Waals surface area contributed by atoms with Crippen molar-refractivity contribution in [3.05, 3.63) is 59.2 Å². The number of nitrogens with two attached hydrogens (primary N) is 1. The lowest BCUT2D eigenvalue weighted by molar-refractivity contribution is 0.729. The number of benzene rings is 2. The van der Waals surface area contributed by atoms with Crippen molar-refractivity contribution in [3.63, 3.8) is 0 Å². The van der Waals surface area contributed by atoms with Gasteiger partial charge in [0.2, 0.25) is 0 Å². The Morgan fingerprint density at radius 2 is 1.79 bits per heavy atom. The average Bonchev–Trinajstić information content (AvgIpc) is 2.34. The first-order chi connectivity index (χ1) is 9.06. The second-order valence-corrected chi connectivity index (χ2v) is 6.24. The van der Waals surface area contributed by atoms with Gasteiger partial charge in [-0.25, -0.2) is 0 Å². The van der Waals surface area contributed by atoms with E-state index < -0.39 is 0 Å². The van der Waals surface area contributed by atoms with Crippen LogP contribution in [0.1, 0.15) is 23.6 Å². The summed E-state index contributed by atoms with van der Waals surface area (Å²) in [6, 6.07) is 15.3. The minimum absolute atomic E-state index is 0.195. The van der Waals surface area contributed by atoms with Gasteiger partial charge in [0.15, 0.2) is 0 Å². The second kappa shape index (κ2) is 6.27. The maximum Gasteiger partial charge on any atom is 0.0155 e. The predicted molar refractivity (Wildman–Crippen MR) is 83.8 cm³/mol. The smallest absolute Gasteiger partial charge is 0.0155 e. The fourth-order valence-electron chi connectivity index (χ4n) is 2.15. The summed E-state index contributed by atoms with van der Waals surface area (Å²) in [6.07, 6.45) is 0.925. The van der Waals surface area contributed by atoms with Gasteiger partial charge >= 0.3 is 0 Å². The summed E-state index contributed by atoms with van der Waals surface area (Å²) >= 11 is 1.84. The molecule has 0 fully saturated rings. The molecule has 2 aromatic rings. The molecule has 0 amide bonds. The van der Waals surface area contributed by atoms with Gasteiger partial charge in [0, 0.05) is 15.8 Å². The molecule has 0 aliphatic rings. The molecule has 2 aromatic carbocycles. The summed E-state index contributed by atoms with van der Waals surface area (Å²) < 4.78 is 0. The van der Waals surface area contributed by atoms with Gasteiger partial charge in [-0.2, -0.15) is 0 Å². The predicted octanol–water partition coefficient (Wildman–Crippen LogP) is 4.34. The number of hydrogen-bond donors (Lipinski definition) is 1. The minimum Gasteiger partial charge on any atom is -0.328 e. The van der Waals surface area contributed by atoms with Crippen molar-refractivity contribution in [2.75, 3.05) is 0 Å². The molecular weight excluding hydrogens is 250 g/mol. The zero-order chi connectivity index (χ0) is 13.8. The zero-order valence-electron chi connectivity index (χ0n) is 11.8. The van der Waals surface area contributed by atoms with Gasteiger partial charge in [0.05, 0.1) is 0 Å². The number of rotatable bonds is 4. The van der Waals surface area contributed by atoms with Crippen molar-refractivity contribution in [3.8, 4) is 0 Å². The lowest BCUT2D eigenvalue weighted by Gasteiger charge is -2.12. The van der Waals surface area contributed by atoms with Crippen LogP contribution in [0.2, 0.25) is 0 Å². The fourth-order valence-corrected chi connectivity index (χ4v) is 3.17. The van der Waals surface area contributed by atoms with E-state index in [0.717, 1.165) is 6.42 Å². The Hall–Kier alpha value is -1.25. The van der Waals surface area contributed by atoms with Crippen molar-refractivity contribution >= 4 is 11.8 Å². The monoisotopic (exact) mass is 271 g/mol. The lowest BCUT2D eigenvalue weighted by atomic mass is 10.1. The van der Waals surface area contributed by atoms with Gasteiger partial charge in [0.25, 0.3) is 0 Å². The Morgan fingerprint density at radius 1 is 1.05 bits per heavy atom. The van der Waals surface area contributed by atoms with E-state index in [9.17, 15) is 0 Å². The fraction of sp³-hybridized carbons (Fsp3) is 0.294. The van der Waals surface area contributed by atoms with E-state index in [4.69, 9.17) is 5.73 Å². The molecule has 0 aliphatic carbocycles. The highest BCUT2D eigenvalue weighted by Crippen LogP contribution is 2.33. The maximum atomic E-state index is 5.93. The standard InChI is InChI=1S/C17H21NS/c1-12-8-9-16(13(2)10-12)19-17-7-5-4-6-15(17)11-14(3)18/h4-10,14H,11,18H2,1-3H3. The van der Waals surface area contributed by atoms with E-state index in [1.807, 2.05) is 11.8 Å². The molecule has 0 spiro atoms. The maximum absolute atomic E-state index is 5.93. The van der Waals surface area contributed by atoms with E-state index >= 15 is 0 Å². The molecule has 0 saturated carbocycles. The molecule has 0 heterocycles. The molecule has 19 heavy (non-hydrogen) atoms. The molecule has 0 bridgehead atoms. The lowest BCUT2D eigenvalue weighted by Crippen LogP contribution is -2.18. The van der Waals surface area contributed by atoms with Crippen molar-refractivity contribution in [1.82, 2.24) is 0 Å². The van der Waals surface area contributed by atoms with E-state index in [1.54, 1.807) is 0 Å². The van der Waals surface area contributed by atoms with Crippen LogP contribution in [-0.2, 0) is 6.42 Å². The van der Waals surface area contributed by atoms with E-state index in [1.165, 1.54) is 26.5 Å². The van der Waals surface area contributed by atoms with Gasteiger partial charge < -0.3 is 5.73 Å². The average molecular weight is 271 g/mol. The van der Waals surface area contributed by atoms with Crippen LogP contribution >= 0.6 is 11.8 Å². The molecule has 0 aliphatic heterocycles. The first kappa shape index (κ1) is 14.2. The SMILES string of the molecule is Cc1ccc(Sc2ccccc2CC(C)N)c(C)c1. The Labute approximate surface area is 120 Å². The minimum atomic E-state index is 0.195. The third-order valence-electron chi connectivity index (χ3n) is 3.06. The van der Waals surface area contributed by atoms with Gasteiger partial charge in [-0.05, 0) is 50.5 Å². The number of hydrogen-bond acceptors (Lipinski definition) is 2. The van der Waals surface area contributed by atoms with Crippen molar-refractivity contribution in [1.29, 1.82) is 0 Å². The molecule has 2 rings (SSSR count). The topological polar surface area (TPSA) is 26.0 Å². The summed E-state index contributed by atoms with van der Waals surface area (Å²) in [5.74, 6) is 0. The van der Waals surface area contributed by atoms with Crippen LogP contribution in [0.25, 0.3) is 0 Å². The molecule has 2 heteroatoms. The van der Waals surface area contributed by atoms with Crippen molar-refractivity contribution in [2.24, 2.45) is 5.73 Å². The van der Waals surface area contributed by atoms with Crippen LogP contribution in [-0.4, -0.2) is 6.04 Å². The normalized spacial score (nSPS) is 12.4. The Kier molecular flexibility index (Phi) is 4.67. The van der Waals surface area contributed by atoms with Crippen LogP contribution < -0.4 is 5.73 Å². The molecule has 100 valence electrons. The summed E-state index contributed by atoms with van der Waals surface area (Å²) in [6.45, 7) is 6.35. The molecular formula is C17H21NS. The number of aryl methyl sites for hydroxylation is 2. The second-order valence-electron chi connectivity index (χ2n) is 5.16. The largest absolute Gasteiger partial charge is 0.328 e. The first-order valence-electron chi connectivity index (χ1n) is 6.65. The first-order valence-corrected chi connectivity index (χ1v) is 7.46. The summed E-state index contributed by atoms with van der Waals surface area (Å²) in [5, 5.41) is 0. The van der Waals surface area contributed by atoms with E-state index in [-0.39, 0.29) is 6.04 Å². The van der Waals surface area contributed by atoms with E-state index in [2.05, 4.69) is 63.2 Å². The van der Waals surface area contributed by atoms with Crippen LogP contribution in [0.15, 0.2) is 52.3 Å². The van der Waals surface area contributed by atoms with Crippen LogP contribution in [0.3, 0.4) is 0 Å². The molecule has 0 aromatic heterocycles. The Morgan fingerprint density at radius 3 is 2.47 bits per heavy atom. The third-order valence-corrected chi connectivity index (χ3v) is 4.36. The van der Waals surface area contributed by atoms with Gasteiger partial charge in [-0.1, -0.05) is 47.7 Å². The molecule has 0 radical (unpaired) electrons. The quantitative estimate of drug-likeness (QED) is 0.895. The highest BCUT2D eigenvalue weighted by atomic mass is 32.2. The molecule has 1 nitrogen and oxygen atoms in total. The van der Waals surface area contributed by atoms with Gasteiger partial charge in [-0.15, -0.1) is 0 Å². The molecule has 1 atom stereocenters. The van der Waals surface area contributed by atoms with Crippen LogP contribution in [0, 0.1) is 13.8 Å². The summed E-state index contributed by atoms with van der Waals surface area (Å²) in [4.78, 5) is 2.63. The molecule has 0 saturated heterocycles. The van der Waals surface area contributed by atoms with E-state index in [0.29, 0.717) is 0 Å². The van der Waals surface area contributed by atoms with Gasteiger partial charge in [0.1, 0.15) is 0 Å². The Balaban J connectivity index is 2.27. The van der Waals surface area contributed by atoms with Crippen LogP contribution in [0.5, 0.6) is 0 Å².